The average molecular weight is 377 g/mol. The predicted molar refractivity (Wildman–Crippen MR) is 78.4 cm³/mol. The van der Waals surface area contributed by atoms with Gasteiger partial charge in [0.1, 0.15) is 5.51 Å². The van der Waals surface area contributed by atoms with E-state index in [2.05, 4.69) is 38.1 Å². The molecule has 1 heterocycles. The van der Waals surface area contributed by atoms with Gasteiger partial charge < -0.3 is 5.32 Å². The van der Waals surface area contributed by atoms with Crippen molar-refractivity contribution in [2.24, 2.45) is 0 Å². The number of halogens is 1. The second kappa shape index (κ2) is 6.31. The van der Waals surface area contributed by atoms with Gasteiger partial charge in [0.25, 0.3) is 0 Å². The van der Waals surface area contributed by atoms with Gasteiger partial charge >= 0.3 is 0 Å². The zero-order valence-electron chi connectivity index (χ0n) is 8.59. The van der Waals surface area contributed by atoms with E-state index in [0.717, 1.165) is 13.6 Å². The SMILES string of the molecule is O=C(CSc1nncs1)Nc1ccc(I)cc1. The molecule has 0 bridgehead atoms. The number of carbonyl (C=O) groups is 1. The Kier molecular flexibility index (Phi) is 4.75. The van der Waals surface area contributed by atoms with Gasteiger partial charge in [-0.3, -0.25) is 4.79 Å². The molecule has 0 aliphatic carbocycles. The summed E-state index contributed by atoms with van der Waals surface area (Å²) in [6, 6.07) is 7.67. The zero-order valence-corrected chi connectivity index (χ0v) is 12.4. The highest BCUT2D eigenvalue weighted by Crippen LogP contribution is 2.19. The van der Waals surface area contributed by atoms with Crippen LogP contribution in [0.3, 0.4) is 0 Å². The Morgan fingerprint density at radius 2 is 2.18 bits per heavy atom. The van der Waals surface area contributed by atoms with Gasteiger partial charge in [0, 0.05) is 9.26 Å². The average Bonchev–Trinajstić information content (AvgIpc) is 2.83. The second-order valence-electron chi connectivity index (χ2n) is 3.05. The van der Waals surface area contributed by atoms with E-state index in [1.165, 1.54) is 23.1 Å². The molecule has 1 aromatic carbocycles. The Balaban J connectivity index is 1.83. The molecule has 0 atom stereocenters. The normalized spacial score (nSPS) is 10.2. The summed E-state index contributed by atoms with van der Waals surface area (Å²) in [6.45, 7) is 0. The van der Waals surface area contributed by atoms with E-state index >= 15 is 0 Å². The minimum absolute atomic E-state index is 0.0357. The molecule has 1 aromatic heterocycles. The fourth-order valence-electron chi connectivity index (χ4n) is 1.08. The van der Waals surface area contributed by atoms with Crippen LogP contribution in [0.4, 0.5) is 5.69 Å². The third-order valence-electron chi connectivity index (χ3n) is 1.79. The van der Waals surface area contributed by atoms with Gasteiger partial charge in [-0.05, 0) is 46.9 Å². The summed E-state index contributed by atoms with van der Waals surface area (Å²) in [5, 5.41) is 10.4. The summed E-state index contributed by atoms with van der Waals surface area (Å²) in [6.07, 6.45) is 0. The Morgan fingerprint density at radius 1 is 1.41 bits per heavy atom. The first kappa shape index (κ1) is 12.8. The summed E-state index contributed by atoms with van der Waals surface area (Å²) in [4.78, 5) is 11.6. The summed E-state index contributed by atoms with van der Waals surface area (Å²) < 4.78 is 1.95. The molecule has 0 aliphatic heterocycles. The van der Waals surface area contributed by atoms with Crippen molar-refractivity contribution in [3.8, 4) is 0 Å². The van der Waals surface area contributed by atoms with E-state index in [9.17, 15) is 4.79 Å². The monoisotopic (exact) mass is 377 g/mol. The van der Waals surface area contributed by atoms with Crippen molar-refractivity contribution in [1.29, 1.82) is 0 Å². The number of rotatable bonds is 4. The van der Waals surface area contributed by atoms with Crippen molar-refractivity contribution in [2.45, 2.75) is 4.34 Å². The van der Waals surface area contributed by atoms with Crippen LogP contribution in [0.15, 0.2) is 34.1 Å². The molecule has 1 amide bonds. The second-order valence-corrected chi connectivity index (χ2v) is 6.35. The Labute approximate surface area is 120 Å². The first-order valence-electron chi connectivity index (χ1n) is 4.68. The molecular formula is C10H8IN3OS2. The van der Waals surface area contributed by atoms with Crippen molar-refractivity contribution in [3.63, 3.8) is 0 Å². The summed E-state index contributed by atoms with van der Waals surface area (Å²) in [7, 11) is 0. The van der Waals surface area contributed by atoms with E-state index in [4.69, 9.17) is 0 Å². The molecule has 0 fully saturated rings. The molecule has 0 aliphatic rings. The highest BCUT2D eigenvalue weighted by Gasteiger charge is 2.05. The number of benzene rings is 1. The lowest BCUT2D eigenvalue weighted by Gasteiger charge is -2.03. The van der Waals surface area contributed by atoms with Crippen molar-refractivity contribution in [3.05, 3.63) is 33.3 Å². The highest BCUT2D eigenvalue weighted by molar-refractivity contribution is 14.1. The molecule has 0 radical (unpaired) electrons. The number of thioether (sulfide) groups is 1. The van der Waals surface area contributed by atoms with Gasteiger partial charge in [-0.25, -0.2) is 0 Å². The molecular weight excluding hydrogens is 369 g/mol. The lowest BCUT2D eigenvalue weighted by Crippen LogP contribution is -2.13. The molecule has 0 saturated carbocycles. The third-order valence-corrected chi connectivity index (χ3v) is 4.37. The molecule has 4 nitrogen and oxygen atoms in total. The van der Waals surface area contributed by atoms with Crippen LogP contribution in [0.1, 0.15) is 0 Å². The Bertz CT molecular complexity index is 487. The van der Waals surface area contributed by atoms with Crippen molar-refractivity contribution in [2.75, 3.05) is 11.1 Å². The fraction of sp³-hybridized carbons (Fsp3) is 0.100. The number of hydrogen-bond donors (Lipinski definition) is 1. The number of nitrogens with zero attached hydrogens (tertiary/aromatic N) is 2. The maximum atomic E-state index is 11.6. The van der Waals surface area contributed by atoms with E-state index in [1.54, 1.807) is 5.51 Å². The fourth-order valence-corrected chi connectivity index (χ4v) is 2.73. The summed E-state index contributed by atoms with van der Waals surface area (Å²) in [5.41, 5.74) is 2.47. The Morgan fingerprint density at radius 3 is 2.82 bits per heavy atom. The van der Waals surface area contributed by atoms with Crippen LogP contribution in [-0.4, -0.2) is 21.9 Å². The molecule has 0 unspecified atom stereocenters. The van der Waals surface area contributed by atoms with E-state index in [1.807, 2.05) is 24.3 Å². The number of amides is 1. The van der Waals surface area contributed by atoms with Crippen LogP contribution < -0.4 is 5.32 Å². The highest BCUT2D eigenvalue weighted by atomic mass is 127. The van der Waals surface area contributed by atoms with Gasteiger partial charge in [-0.1, -0.05) is 23.1 Å². The minimum atomic E-state index is -0.0357. The summed E-state index contributed by atoms with van der Waals surface area (Å²) in [5.74, 6) is 0.313. The topological polar surface area (TPSA) is 54.9 Å². The smallest absolute Gasteiger partial charge is 0.234 e. The van der Waals surface area contributed by atoms with Crippen molar-refractivity contribution < 1.29 is 4.79 Å². The molecule has 0 saturated heterocycles. The number of aromatic nitrogens is 2. The molecule has 1 N–H and O–H groups in total. The molecule has 7 heteroatoms. The maximum Gasteiger partial charge on any atom is 0.234 e. The van der Waals surface area contributed by atoms with Gasteiger partial charge in [0.05, 0.1) is 5.75 Å². The van der Waals surface area contributed by atoms with Gasteiger partial charge in [0.15, 0.2) is 4.34 Å². The van der Waals surface area contributed by atoms with E-state index in [-0.39, 0.29) is 5.91 Å². The van der Waals surface area contributed by atoms with Crippen LogP contribution >= 0.6 is 45.7 Å². The number of carbonyl (C=O) groups excluding carboxylic acids is 1. The first-order chi connectivity index (χ1) is 8.24. The number of hydrogen-bond acceptors (Lipinski definition) is 5. The minimum Gasteiger partial charge on any atom is -0.325 e. The number of anilines is 1. The van der Waals surface area contributed by atoms with Gasteiger partial charge in [-0.15, -0.1) is 10.2 Å². The van der Waals surface area contributed by atoms with Crippen LogP contribution in [0.2, 0.25) is 0 Å². The molecule has 88 valence electrons. The van der Waals surface area contributed by atoms with Crippen LogP contribution in [0, 0.1) is 3.57 Å². The molecule has 2 rings (SSSR count). The lowest BCUT2D eigenvalue weighted by molar-refractivity contribution is -0.113. The van der Waals surface area contributed by atoms with Crippen LogP contribution in [-0.2, 0) is 4.79 Å². The van der Waals surface area contributed by atoms with Crippen molar-refractivity contribution >= 4 is 57.3 Å². The van der Waals surface area contributed by atoms with Gasteiger partial charge in [-0.2, -0.15) is 0 Å². The quantitative estimate of drug-likeness (QED) is 0.658. The molecule has 2 aromatic rings. The van der Waals surface area contributed by atoms with Crippen molar-refractivity contribution in [1.82, 2.24) is 10.2 Å². The third kappa shape index (κ3) is 4.25. The van der Waals surface area contributed by atoms with E-state index in [0.29, 0.717) is 5.75 Å². The Hall–Kier alpha value is -0.670. The summed E-state index contributed by atoms with van der Waals surface area (Å²) >= 11 is 5.05. The first-order valence-corrected chi connectivity index (χ1v) is 7.63. The standard InChI is InChI=1S/C10H8IN3OS2/c11-7-1-3-8(4-2-7)13-9(15)5-16-10-14-12-6-17-10/h1-4,6H,5H2,(H,13,15). The lowest BCUT2D eigenvalue weighted by atomic mass is 10.3. The zero-order chi connectivity index (χ0) is 12.1. The largest absolute Gasteiger partial charge is 0.325 e. The number of nitrogens with one attached hydrogen (secondary N) is 1. The van der Waals surface area contributed by atoms with E-state index < -0.39 is 0 Å². The van der Waals surface area contributed by atoms with Gasteiger partial charge in [0.2, 0.25) is 5.91 Å². The molecule has 17 heavy (non-hydrogen) atoms. The predicted octanol–water partition coefficient (Wildman–Crippen LogP) is 2.87. The van der Waals surface area contributed by atoms with Crippen LogP contribution in [0.5, 0.6) is 0 Å². The van der Waals surface area contributed by atoms with Crippen LogP contribution in [0.25, 0.3) is 0 Å². The molecule has 0 spiro atoms. The maximum absolute atomic E-state index is 11.6.